The Bertz CT molecular complexity index is 635. The van der Waals surface area contributed by atoms with Crippen LogP contribution in [0.25, 0.3) is 0 Å². The lowest BCUT2D eigenvalue weighted by Gasteiger charge is -2.41. The Morgan fingerprint density at radius 2 is 0.732 bits per heavy atom. The molecule has 1 N–H and O–H groups in total. The van der Waals surface area contributed by atoms with Crippen molar-refractivity contribution >= 4 is 10.4 Å². The minimum absolute atomic E-state index is 0.155. The van der Waals surface area contributed by atoms with Crippen LogP contribution >= 0.6 is 0 Å². The Labute approximate surface area is 258 Å². The van der Waals surface area contributed by atoms with E-state index in [1.54, 1.807) is 0 Å². The summed E-state index contributed by atoms with van der Waals surface area (Å²) in [6.07, 6.45) is 35.7. The molecule has 0 aliphatic carbocycles. The van der Waals surface area contributed by atoms with Crippen LogP contribution in [-0.2, 0) is 14.6 Å². The van der Waals surface area contributed by atoms with Crippen LogP contribution in [0.1, 0.15) is 220 Å². The van der Waals surface area contributed by atoms with E-state index in [1.807, 2.05) is 0 Å². The van der Waals surface area contributed by atoms with Gasteiger partial charge in [-0.1, -0.05) is 195 Å². The van der Waals surface area contributed by atoms with Gasteiger partial charge in [0.2, 0.25) is 0 Å². The molecule has 0 aromatic rings. The van der Waals surface area contributed by atoms with Gasteiger partial charge in [0.25, 0.3) is 0 Å². The number of hydrogen-bond acceptors (Lipinski definition) is 3. The molecule has 0 radical (unpaired) electrons. The van der Waals surface area contributed by atoms with Crippen LogP contribution in [0.5, 0.6) is 0 Å². The van der Waals surface area contributed by atoms with E-state index in [1.165, 1.54) is 135 Å². The van der Waals surface area contributed by atoms with E-state index < -0.39 is 16.5 Å². The standard InChI is InChI=1S/C36H74O4S/c1-5-9-13-17-20-22-24-27-31-35(40-41(37,38)39)36(32-28-16-12-8-4,33-29-25-19-15-11-7-3)34-30-26-23-21-18-14-10-6-2/h35H,5-34H2,1-4H3,(H,37,38,39). The van der Waals surface area contributed by atoms with Gasteiger partial charge in [0, 0.05) is 0 Å². The molecule has 2 unspecified atom stereocenters. The largest absolute Gasteiger partial charge is 0.397 e. The van der Waals surface area contributed by atoms with Crippen LogP contribution in [0.2, 0.25) is 0 Å². The molecule has 0 aromatic heterocycles. The van der Waals surface area contributed by atoms with Crippen LogP contribution in [0.15, 0.2) is 0 Å². The maximum absolute atomic E-state index is 12.2. The van der Waals surface area contributed by atoms with Crippen molar-refractivity contribution in [2.24, 2.45) is 5.41 Å². The second kappa shape index (κ2) is 28.6. The quantitative estimate of drug-likeness (QED) is 0.0599. The van der Waals surface area contributed by atoms with Crippen molar-refractivity contribution in [3.05, 3.63) is 0 Å². The minimum atomic E-state index is -4.49. The number of hydrogen-bond donors (Lipinski definition) is 1. The average Bonchev–Trinajstić information content (AvgIpc) is 2.94. The maximum Gasteiger partial charge on any atom is 0.397 e. The van der Waals surface area contributed by atoms with Crippen molar-refractivity contribution in [2.75, 3.05) is 0 Å². The highest BCUT2D eigenvalue weighted by atomic mass is 32.3. The van der Waals surface area contributed by atoms with E-state index in [-0.39, 0.29) is 5.41 Å². The Hall–Kier alpha value is -0.130. The second-order valence-corrected chi connectivity index (χ2v) is 14.2. The van der Waals surface area contributed by atoms with Gasteiger partial charge < -0.3 is 0 Å². The van der Waals surface area contributed by atoms with E-state index in [4.69, 9.17) is 4.18 Å². The highest BCUT2D eigenvalue weighted by Gasteiger charge is 2.40. The molecule has 5 heteroatoms. The lowest BCUT2D eigenvalue weighted by atomic mass is 9.68. The van der Waals surface area contributed by atoms with E-state index in [0.29, 0.717) is 0 Å². The molecule has 0 heterocycles. The fraction of sp³-hybridized carbons (Fsp3) is 1.00. The molecule has 248 valence electrons. The fourth-order valence-electron chi connectivity index (χ4n) is 6.70. The Morgan fingerprint density at radius 3 is 1.05 bits per heavy atom. The number of unbranched alkanes of at least 4 members (excludes halogenated alkanes) is 22. The van der Waals surface area contributed by atoms with Gasteiger partial charge in [-0.2, -0.15) is 8.42 Å². The molecule has 0 bridgehead atoms. The third-order valence-corrected chi connectivity index (χ3v) is 9.80. The highest BCUT2D eigenvalue weighted by molar-refractivity contribution is 7.80. The van der Waals surface area contributed by atoms with Crippen LogP contribution in [0.3, 0.4) is 0 Å². The molecule has 0 aliphatic rings. The molecule has 0 rings (SSSR count). The second-order valence-electron chi connectivity index (χ2n) is 13.2. The summed E-state index contributed by atoms with van der Waals surface area (Å²) >= 11 is 0. The van der Waals surface area contributed by atoms with Gasteiger partial charge in [-0.3, -0.25) is 4.55 Å². The predicted octanol–water partition coefficient (Wildman–Crippen LogP) is 12.9. The minimum Gasteiger partial charge on any atom is -0.264 e. The molecular weight excluding hydrogens is 528 g/mol. The predicted molar refractivity (Wildman–Crippen MR) is 180 cm³/mol. The Morgan fingerprint density at radius 1 is 0.463 bits per heavy atom. The Kier molecular flexibility index (Phi) is 28.5. The molecule has 0 fully saturated rings. The monoisotopic (exact) mass is 603 g/mol. The molecule has 0 saturated heterocycles. The zero-order valence-corrected chi connectivity index (χ0v) is 29.2. The van der Waals surface area contributed by atoms with Gasteiger partial charge in [-0.25, -0.2) is 4.18 Å². The van der Waals surface area contributed by atoms with E-state index >= 15 is 0 Å². The smallest absolute Gasteiger partial charge is 0.264 e. The van der Waals surface area contributed by atoms with Gasteiger partial charge in [0.15, 0.2) is 0 Å². The van der Waals surface area contributed by atoms with Crippen molar-refractivity contribution < 1.29 is 17.2 Å². The molecule has 41 heavy (non-hydrogen) atoms. The first-order valence-electron chi connectivity index (χ1n) is 18.5. The van der Waals surface area contributed by atoms with Gasteiger partial charge in [0.1, 0.15) is 0 Å². The number of rotatable bonds is 33. The molecule has 2 atom stereocenters. The first-order chi connectivity index (χ1) is 19.8. The highest BCUT2D eigenvalue weighted by Crippen LogP contribution is 2.44. The summed E-state index contributed by atoms with van der Waals surface area (Å²) in [4.78, 5) is 0. The van der Waals surface area contributed by atoms with E-state index in [2.05, 4.69) is 27.7 Å². The van der Waals surface area contributed by atoms with Crippen LogP contribution in [-0.4, -0.2) is 19.1 Å². The fourth-order valence-corrected chi connectivity index (χ4v) is 7.29. The van der Waals surface area contributed by atoms with Crippen molar-refractivity contribution in [1.82, 2.24) is 0 Å². The summed E-state index contributed by atoms with van der Waals surface area (Å²) in [5.41, 5.74) is -0.155. The molecule has 0 saturated carbocycles. The van der Waals surface area contributed by atoms with Crippen LogP contribution < -0.4 is 0 Å². The van der Waals surface area contributed by atoms with Gasteiger partial charge in [-0.15, -0.1) is 0 Å². The first kappa shape index (κ1) is 40.9. The zero-order chi connectivity index (χ0) is 30.5. The van der Waals surface area contributed by atoms with Crippen LogP contribution in [0.4, 0.5) is 0 Å². The summed E-state index contributed by atoms with van der Waals surface area (Å²) in [6, 6.07) is 0. The van der Waals surface area contributed by atoms with Crippen molar-refractivity contribution in [2.45, 2.75) is 226 Å². The lowest BCUT2D eigenvalue weighted by Crippen LogP contribution is -2.39. The third-order valence-electron chi connectivity index (χ3n) is 9.33. The van der Waals surface area contributed by atoms with Gasteiger partial charge in [0.05, 0.1) is 6.10 Å². The summed E-state index contributed by atoms with van der Waals surface area (Å²) in [6.45, 7) is 9.02. The van der Waals surface area contributed by atoms with Crippen molar-refractivity contribution in [3.8, 4) is 0 Å². The Balaban J connectivity index is 5.52. The maximum atomic E-state index is 12.2. The normalized spacial score (nSPS) is 14.4. The first-order valence-corrected chi connectivity index (χ1v) is 19.9. The van der Waals surface area contributed by atoms with E-state index in [0.717, 1.165) is 57.8 Å². The molecule has 0 aliphatic heterocycles. The van der Waals surface area contributed by atoms with Crippen molar-refractivity contribution in [3.63, 3.8) is 0 Å². The topological polar surface area (TPSA) is 63.6 Å². The van der Waals surface area contributed by atoms with Crippen molar-refractivity contribution in [1.29, 1.82) is 0 Å². The summed E-state index contributed by atoms with van der Waals surface area (Å²) < 4.78 is 39.9. The molecule has 0 amide bonds. The summed E-state index contributed by atoms with van der Waals surface area (Å²) in [5.74, 6) is 0. The zero-order valence-electron chi connectivity index (χ0n) is 28.4. The molecule has 0 aromatic carbocycles. The summed E-state index contributed by atoms with van der Waals surface area (Å²) in [7, 11) is -4.49. The molecule has 4 nitrogen and oxygen atoms in total. The SMILES string of the molecule is CCCCCCCCCCC(OS(=O)(=O)O)C(CCCCCC)(CCCCCCCC)CCCCCCCCCC. The van der Waals surface area contributed by atoms with Crippen LogP contribution in [0, 0.1) is 5.41 Å². The van der Waals surface area contributed by atoms with E-state index in [9.17, 15) is 13.0 Å². The third kappa shape index (κ3) is 25.0. The van der Waals surface area contributed by atoms with Gasteiger partial charge in [-0.05, 0) is 31.1 Å². The summed E-state index contributed by atoms with van der Waals surface area (Å²) in [5, 5.41) is 0. The molecular formula is C36H74O4S. The average molecular weight is 603 g/mol. The van der Waals surface area contributed by atoms with Gasteiger partial charge >= 0.3 is 10.4 Å². The lowest BCUT2D eigenvalue weighted by molar-refractivity contribution is 0.00650. The molecule has 0 spiro atoms.